The van der Waals surface area contributed by atoms with Crippen LogP contribution in [-0.2, 0) is 30.8 Å². The van der Waals surface area contributed by atoms with Crippen molar-refractivity contribution >= 4 is 17.6 Å². The van der Waals surface area contributed by atoms with Crippen LogP contribution in [0, 0.1) is 30.6 Å². The number of carbonyl (C=O) groups is 1. The minimum atomic E-state index is -1.34. The van der Waals surface area contributed by atoms with Crippen molar-refractivity contribution in [2.75, 3.05) is 6.61 Å². The molecule has 1 heterocycles. The number of aryl methyl sites for hydroxylation is 2. The van der Waals surface area contributed by atoms with Gasteiger partial charge in [-0.15, -0.1) is 0 Å². The summed E-state index contributed by atoms with van der Waals surface area (Å²) < 4.78 is 12.6. The lowest BCUT2D eigenvalue weighted by Crippen LogP contribution is -2.32. The maximum atomic E-state index is 11.9. The predicted octanol–water partition coefficient (Wildman–Crippen LogP) is 9.10. The summed E-state index contributed by atoms with van der Waals surface area (Å²) in [6, 6.07) is 26.2. The van der Waals surface area contributed by atoms with Gasteiger partial charge >= 0.3 is 5.97 Å². The molecule has 2 atom stereocenters. The Bertz CT molecular complexity index is 2190. The highest BCUT2D eigenvalue weighted by atomic mass is 35.5. The molecule has 53 heavy (non-hydrogen) atoms. The molecule has 8 nitrogen and oxygen atoms in total. The number of hydrogen-bond donors (Lipinski definition) is 3. The number of fused-ring (bicyclic) bond motifs is 1. The van der Waals surface area contributed by atoms with E-state index in [2.05, 4.69) is 67.4 Å². The number of nitrogens with zero attached hydrogens (tertiary/aromatic N) is 2. The Balaban J connectivity index is 1.26. The van der Waals surface area contributed by atoms with E-state index < -0.39 is 24.1 Å². The number of carboxylic acids is 1. The summed E-state index contributed by atoms with van der Waals surface area (Å²) in [5.41, 5.74) is 10.4. The lowest BCUT2D eigenvalue weighted by molar-refractivity contribution is -0.150. The van der Waals surface area contributed by atoms with E-state index in [0.717, 1.165) is 58.2 Å². The number of aliphatic hydroxyl groups is 2. The van der Waals surface area contributed by atoms with Gasteiger partial charge in [0, 0.05) is 24.0 Å². The molecule has 0 aliphatic heterocycles. The molecule has 4 aromatic carbocycles. The zero-order chi connectivity index (χ0) is 37.7. The highest BCUT2D eigenvalue weighted by molar-refractivity contribution is 6.32. The first-order chi connectivity index (χ1) is 25.5. The van der Waals surface area contributed by atoms with Crippen molar-refractivity contribution in [3.8, 4) is 39.8 Å². The van der Waals surface area contributed by atoms with Gasteiger partial charge in [-0.1, -0.05) is 66.2 Å². The lowest BCUT2D eigenvalue weighted by Gasteiger charge is -2.23. The van der Waals surface area contributed by atoms with Gasteiger partial charge in [-0.3, -0.25) is 9.78 Å². The average Bonchev–Trinajstić information content (AvgIpc) is 3.16. The Morgan fingerprint density at radius 3 is 2.43 bits per heavy atom. The van der Waals surface area contributed by atoms with Crippen LogP contribution in [0.25, 0.3) is 22.3 Å². The molecule has 272 valence electrons. The summed E-state index contributed by atoms with van der Waals surface area (Å²) in [4.78, 5) is 16.0. The van der Waals surface area contributed by atoms with E-state index in [1.165, 1.54) is 24.2 Å². The van der Waals surface area contributed by atoms with Gasteiger partial charge in [-0.25, -0.2) is 0 Å². The number of hydrogen-bond acceptors (Lipinski definition) is 7. The number of rotatable bonds is 13. The van der Waals surface area contributed by atoms with E-state index >= 15 is 0 Å². The molecule has 6 rings (SSSR count). The fourth-order valence-electron chi connectivity index (χ4n) is 6.95. The highest BCUT2D eigenvalue weighted by Crippen LogP contribution is 2.39. The Labute approximate surface area is 315 Å². The van der Waals surface area contributed by atoms with Crippen molar-refractivity contribution < 1.29 is 29.6 Å². The molecule has 0 saturated heterocycles. The van der Waals surface area contributed by atoms with Gasteiger partial charge in [0.25, 0.3) is 0 Å². The molecule has 0 spiro atoms. The SMILES string of the molecule is Cc1c(COc2cc(OCc3cncc(C#N)c3)c(CC[C@@](C)(CO)C(=O)O)cc2Cl)cccc1-c1cccc(-c2ccc3c(c2)CCCC3O)c1C. The number of carboxylic acid groups (broad SMARTS) is 1. The standard InChI is InChI=1S/C44H43ClN2O6/c1-27-34(8-4-10-36(27)37-11-6-9-35(28(37)2)32-13-14-38-31(18-32)7-5-12-40(38)49)25-53-42-20-41(52-24-30-17-29(21-46)22-47-23-30)33(19-39(42)45)15-16-44(3,26-48)43(50)51/h4,6,8-11,13-14,17-20,22-23,40,48-49H,5,7,12,15-16,24-26H2,1-3H3,(H,50,51)/t40?,44-/m0/s1. The topological polar surface area (TPSA) is 133 Å². The molecule has 0 radical (unpaired) electrons. The molecule has 0 amide bonds. The summed E-state index contributed by atoms with van der Waals surface area (Å²) in [6.45, 7) is 5.57. The van der Waals surface area contributed by atoms with Crippen LogP contribution >= 0.6 is 11.6 Å². The summed E-state index contributed by atoms with van der Waals surface area (Å²) >= 11 is 6.78. The molecule has 1 unspecified atom stereocenters. The summed E-state index contributed by atoms with van der Waals surface area (Å²) in [5, 5.41) is 39.7. The Morgan fingerprint density at radius 1 is 0.943 bits per heavy atom. The fourth-order valence-corrected chi connectivity index (χ4v) is 7.19. The molecule has 5 aromatic rings. The van der Waals surface area contributed by atoms with E-state index in [9.17, 15) is 25.4 Å². The van der Waals surface area contributed by atoms with E-state index in [0.29, 0.717) is 33.2 Å². The molecule has 1 aliphatic rings. The Kier molecular flexibility index (Phi) is 11.5. The monoisotopic (exact) mass is 730 g/mol. The highest BCUT2D eigenvalue weighted by Gasteiger charge is 2.32. The van der Waals surface area contributed by atoms with Crippen molar-refractivity contribution in [3.05, 3.63) is 135 Å². The third-order valence-electron chi connectivity index (χ3n) is 10.4. The van der Waals surface area contributed by atoms with Gasteiger partial charge < -0.3 is 24.8 Å². The third-order valence-corrected chi connectivity index (χ3v) is 10.7. The van der Waals surface area contributed by atoms with Crippen LogP contribution in [0.1, 0.15) is 76.8 Å². The van der Waals surface area contributed by atoms with Crippen LogP contribution in [-0.4, -0.2) is 32.9 Å². The van der Waals surface area contributed by atoms with E-state index in [4.69, 9.17) is 21.1 Å². The first-order valence-corrected chi connectivity index (χ1v) is 18.1. The van der Waals surface area contributed by atoms with Gasteiger partial charge in [0.15, 0.2) is 0 Å². The van der Waals surface area contributed by atoms with Gasteiger partial charge in [-0.05, 0) is 121 Å². The number of halogens is 1. The van der Waals surface area contributed by atoms with Crippen LogP contribution in [0.5, 0.6) is 11.5 Å². The van der Waals surface area contributed by atoms with E-state index in [-0.39, 0.29) is 26.1 Å². The number of ether oxygens (including phenoxy) is 2. The van der Waals surface area contributed by atoms with Crippen LogP contribution < -0.4 is 9.47 Å². The largest absolute Gasteiger partial charge is 0.488 e. The number of nitriles is 1. The zero-order valence-corrected chi connectivity index (χ0v) is 30.9. The van der Waals surface area contributed by atoms with E-state index in [1.54, 1.807) is 24.4 Å². The first kappa shape index (κ1) is 37.6. The molecule has 1 aliphatic carbocycles. The Hall–Kier alpha value is -5.20. The first-order valence-electron chi connectivity index (χ1n) is 17.8. The van der Waals surface area contributed by atoms with Crippen molar-refractivity contribution in [2.45, 2.75) is 72.2 Å². The number of pyridine rings is 1. The van der Waals surface area contributed by atoms with Crippen LogP contribution in [0.4, 0.5) is 0 Å². The second-order valence-corrected chi connectivity index (χ2v) is 14.5. The van der Waals surface area contributed by atoms with Crippen molar-refractivity contribution in [3.63, 3.8) is 0 Å². The summed E-state index contributed by atoms with van der Waals surface area (Å²) in [5.74, 6) is -0.239. The molecule has 0 saturated carbocycles. The van der Waals surface area contributed by atoms with Crippen LogP contribution in [0.15, 0.2) is 85.2 Å². The van der Waals surface area contributed by atoms with Crippen LogP contribution in [0.2, 0.25) is 5.02 Å². The fraction of sp³-hybridized carbons (Fsp3) is 0.295. The van der Waals surface area contributed by atoms with Crippen molar-refractivity contribution in [2.24, 2.45) is 5.41 Å². The predicted molar refractivity (Wildman–Crippen MR) is 205 cm³/mol. The van der Waals surface area contributed by atoms with Gasteiger partial charge in [0.05, 0.1) is 28.7 Å². The second kappa shape index (κ2) is 16.2. The van der Waals surface area contributed by atoms with Gasteiger partial charge in [0.1, 0.15) is 30.8 Å². The Morgan fingerprint density at radius 2 is 1.68 bits per heavy atom. The summed E-state index contributed by atoms with van der Waals surface area (Å²) in [6.07, 6.45) is 5.90. The lowest BCUT2D eigenvalue weighted by atomic mass is 9.85. The molecule has 9 heteroatoms. The molecular weight excluding hydrogens is 688 g/mol. The smallest absolute Gasteiger partial charge is 0.311 e. The summed E-state index contributed by atoms with van der Waals surface area (Å²) in [7, 11) is 0. The van der Waals surface area contributed by atoms with Crippen molar-refractivity contribution in [1.29, 1.82) is 5.26 Å². The van der Waals surface area contributed by atoms with Crippen LogP contribution in [0.3, 0.4) is 0 Å². The minimum Gasteiger partial charge on any atom is -0.488 e. The average molecular weight is 731 g/mol. The second-order valence-electron chi connectivity index (χ2n) is 14.1. The number of aromatic nitrogens is 1. The molecule has 3 N–H and O–H groups in total. The number of aliphatic hydroxyl groups excluding tert-OH is 2. The molecule has 0 fully saturated rings. The van der Waals surface area contributed by atoms with Gasteiger partial charge in [-0.2, -0.15) is 5.26 Å². The molecule has 1 aromatic heterocycles. The maximum absolute atomic E-state index is 11.9. The zero-order valence-electron chi connectivity index (χ0n) is 30.2. The quantitative estimate of drug-likeness (QED) is 0.109. The number of aliphatic carboxylic acids is 1. The minimum absolute atomic E-state index is 0.111. The van der Waals surface area contributed by atoms with E-state index in [1.807, 2.05) is 12.1 Å². The molecule has 0 bridgehead atoms. The van der Waals surface area contributed by atoms with Crippen molar-refractivity contribution in [1.82, 2.24) is 4.98 Å². The third kappa shape index (κ3) is 8.23. The molecular formula is C44H43ClN2O6. The normalized spacial score (nSPS) is 14.8. The van der Waals surface area contributed by atoms with Gasteiger partial charge in [0.2, 0.25) is 0 Å². The number of benzene rings is 4. The maximum Gasteiger partial charge on any atom is 0.311 e.